The number of fused-ring (bicyclic) bond motifs is 1. The summed E-state index contributed by atoms with van der Waals surface area (Å²) in [5, 5.41) is 4.94. The zero-order valence-electron chi connectivity index (χ0n) is 19.2. The summed E-state index contributed by atoms with van der Waals surface area (Å²) in [6.07, 6.45) is 1.90. The summed E-state index contributed by atoms with van der Waals surface area (Å²) in [4.78, 5) is 30.7. The summed E-state index contributed by atoms with van der Waals surface area (Å²) >= 11 is 3.11. The van der Waals surface area contributed by atoms with Gasteiger partial charge in [-0.1, -0.05) is 66.4 Å². The minimum Gasteiger partial charge on any atom is -0.347 e. The molecule has 1 aromatic heterocycles. The Hall–Kier alpha value is -3.61. The van der Waals surface area contributed by atoms with Crippen LogP contribution < -0.4 is 10.2 Å². The molecule has 1 aliphatic heterocycles. The van der Waals surface area contributed by atoms with Crippen molar-refractivity contribution in [1.29, 1.82) is 0 Å². The molecule has 0 saturated carbocycles. The Labute approximate surface area is 213 Å². The summed E-state index contributed by atoms with van der Waals surface area (Å²) in [6, 6.07) is 27.5. The highest BCUT2D eigenvalue weighted by Gasteiger charge is 2.29. The van der Waals surface area contributed by atoms with E-state index < -0.39 is 0 Å². The predicted molar refractivity (Wildman–Crippen MR) is 145 cm³/mol. The SMILES string of the molecule is Cc1ccccc1CN1C(=O)/C(=C\c2ccc(C(=O)NCc3cccs3)cc2)Sc2ccccc21. The van der Waals surface area contributed by atoms with Gasteiger partial charge in [0.25, 0.3) is 11.8 Å². The van der Waals surface area contributed by atoms with E-state index in [1.165, 1.54) is 11.8 Å². The van der Waals surface area contributed by atoms with E-state index in [1.54, 1.807) is 23.5 Å². The zero-order chi connectivity index (χ0) is 24.2. The van der Waals surface area contributed by atoms with E-state index >= 15 is 0 Å². The van der Waals surface area contributed by atoms with Crippen molar-refractivity contribution in [1.82, 2.24) is 5.32 Å². The van der Waals surface area contributed by atoms with Crippen LogP contribution in [0.1, 0.15) is 31.9 Å². The fourth-order valence-electron chi connectivity index (χ4n) is 3.94. The van der Waals surface area contributed by atoms with Gasteiger partial charge in [-0.05, 0) is 65.4 Å². The Morgan fingerprint density at radius 2 is 1.71 bits per heavy atom. The highest BCUT2D eigenvalue weighted by atomic mass is 32.2. The molecule has 4 aromatic rings. The zero-order valence-corrected chi connectivity index (χ0v) is 20.9. The number of anilines is 1. The molecule has 174 valence electrons. The van der Waals surface area contributed by atoms with E-state index in [0.29, 0.717) is 23.6 Å². The molecule has 0 spiro atoms. The van der Waals surface area contributed by atoms with Crippen LogP contribution in [-0.2, 0) is 17.9 Å². The lowest BCUT2D eigenvalue weighted by Crippen LogP contribution is -2.33. The molecule has 2 amide bonds. The Balaban J connectivity index is 1.36. The van der Waals surface area contributed by atoms with Crippen LogP contribution in [0.2, 0.25) is 0 Å². The number of carbonyl (C=O) groups excluding carboxylic acids is 2. The maximum Gasteiger partial charge on any atom is 0.265 e. The number of nitrogens with one attached hydrogen (secondary N) is 1. The van der Waals surface area contributed by atoms with Crippen molar-refractivity contribution in [2.75, 3.05) is 4.90 Å². The monoisotopic (exact) mass is 496 g/mol. The third kappa shape index (κ3) is 5.24. The summed E-state index contributed by atoms with van der Waals surface area (Å²) < 4.78 is 0. The maximum absolute atomic E-state index is 13.6. The normalized spacial score (nSPS) is 14.1. The Bertz CT molecular complexity index is 1390. The van der Waals surface area contributed by atoms with Crippen LogP contribution in [0.25, 0.3) is 6.08 Å². The van der Waals surface area contributed by atoms with Gasteiger partial charge < -0.3 is 10.2 Å². The molecule has 0 saturated heterocycles. The minimum absolute atomic E-state index is 0.0188. The fourth-order valence-corrected chi connectivity index (χ4v) is 5.65. The standard InChI is InChI=1S/C29H24N2O2S2/c1-20-7-2-3-8-23(20)19-31-25-10-4-5-11-26(25)35-27(29(31)33)17-21-12-14-22(15-13-21)28(32)30-18-24-9-6-16-34-24/h2-17H,18-19H2,1H3,(H,30,32)/b27-17+. The molecule has 0 bridgehead atoms. The first kappa shape index (κ1) is 23.1. The van der Waals surface area contributed by atoms with Crippen LogP contribution in [0.15, 0.2) is 100 Å². The van der Waals surface area contributed by atoms with Crippen molar-refractivity contribution in [2.45, 2.75) is 24.9 Å². The molecule has 0 radical (unpaired) electrons. The first-order chi connectivity index (χ1) is 17.1. The number of nitrogens with zero attached hydrogens (tertiary/aromatic N) is 1. The number of rotatable bonds is 6. The highest BCUT2D eigenvalue weighted by Crippen LogP contribution is 2.42. The number of hydrogen-bond donors (Lipinski definition) is 1. The second kappa shape index (κ2) is 10.3. The van der Waals surface area contributed by atoms with Gasteiger partial charge in [0, 0.05) is 15.3 Å². The van der Waals surface area contributed by atoms with E-state index in [-0.39, 0.29) is 11.8 Å². The van der Waals surface area contributed by atoms with Gasteiger partial charge in [-0.25, -0.2) is 0 Å². The van der Waals surface area contributed by atoms with Crippen LogP contribution in [0, 0.1) is 6.92 Å². The average Bonchev–Trinajstić information content (AvgIpc) is 3.40. The topological polar surface area (TPSA) is 49.4 Å². The van der Waals surface area contributed by atoms with E-state index in [1.807, 2.05) is 77.0 Å². The van der Waals surface area contributed by atoms with Gasteiger partial charge in [0.1, 0.15) is 0 Å². The molecular weight excluding hydrogens is 472 g/mol. The summed E-state index contributed by atoms with van der Waals surface area (Å²) in [5.41, 5.74) is 4.69. The quantitative estimate of drug-likeness (QED) is 0.304. The Morgan fingerprint density at radius 3 is 2.49 bits per heavy atom. The number of thioether (sulfide) groups is 1. The van der Waals surface area contributed by atoms with E-state index in [9.17, 15) is 9.59 Å². The molecule has 3 aromatic carbocycles. The number of hydrogen-bond acceptors (Lipinski definition) is 4. The Morgan fingerprint density at radius 1 is 0.943 bits per heavy atom. The lowest BCUT2D eigenvalue weighted by atomic mass is 10.1. The molecular formula is C29H24N2O2S2. The third-order valence-corrected chi connectivity index (χ3v) is 7.85. The first-order valence-electron chi connectivity index (χ1n) is 11.3. The van der Waals surface area contributed by atoms with Crippen molar-refractivity contribution < 1.29 is 9.59 Å². The average molecular weight is 497 g/mol. The predicted octanol–water partition coefficient (Wildman–Crippen LogP) is 6.67. The highest BCUT2D eigenvalue weighted by molar-refractivity contribution is 8.04. The van der Waals surface area contributed by atoms with Crippen LogP contribution in [0.4, 0.5) is 5.69 Å². The van der Waals surface area contributed by atoms with Gasteiger partial charge >= 0.3 is 0 Å². The summed E-state index contributed by atoms with van der Waals surface area (Å²) in [7, 11) is 0. The van der Waals surface area contributed by atoms with Crippen LogP contribution in [0.3, 0.4) is 0 Å². The summed E-state index contributed by atoms with van der Waals surface area (Å²) in [5.74, 6) is -0.131. The van der Waals surface area contributed by atoms with Gasteiger partial charge in [0.15, 0.2) is 0 Å². The van der Waals surface area contributed by atoms with E-state index in [0.717, 1.165) is 32.2 Å². The molecule has 0 aliphatic carbocycles. The number of aryl methyl sites for hydroxylation is 1. The Kier molecular flexibility index (Phi) is 6.84. The molecule has 6 heteroatoms. The summed E-state index contributed by atoms with van der Waals surface area (Å²) in [6.45, 7) is 3.10. The minimum atomic E-state index is -0.112. The molecule has 0 atom stereocenters. The van der Waals surface area contributed by atoms with Crippen molar-refractivity contribution in [2.24, 2.45) is 0 Å². The number of thiophene rings is 1. The van der Waals surface area contributed by atoms with E-state index in [2.05, 4.69) is 24.4 Å². The molecule has 2 heterocycles. The van der Waals surface area contributed by atoms with Crippen LogP contribution in [0.5, 0.6) is 0 Å². The molecule has 0 unspecified atom stereocenters. The van der Waals surface area contributed by atoms with Crippen molar-refractivity contribution in [3.8, 4) is 0 Å². The van der Waals surface area contributed by atoms with Gasteiger partial charge in [0.05, 0.1) is 23.7 Å². The molecule has 35 heavy (non-hydrogen) atoms. The maximum atomic E-state index is 13.6. The van der Waals surface area contributed by atoms with Crippen LogP contribution >= 0.6 is 23.1 Å². The molecule has 1 N–H and O–H groups in total. The van der Waals surface area contributed by atoms with Crippen LogP contribution in [-0.4, -0.2) is 11.8 Å². The first-order valence-corrected chi connectivity index (χ1v) is 13.0. The largest absolute Gasteiger partial charge is 0.347 e. The van der Waals surface area contributed by atoms with Crippen molar-refractivity contribution in [3.63, 3.8) is 0 Å². The van der Waals surface area contributed by atoms with Crippen molar-refractivity contribution >= 4 is 46.7 Å². The number of benzene rings is 3. The number of carbonyl (C=O) groups is 2. The number of amides is 2. The second-order valence-corrected chi connectivity index (χ2v) is 10.4. The lowest BCUT2D eigenvalue weighted by molar-refractivity contribution is -0.114. The number of para-hydroxylation sites is 1. The molecule has 4 nitrogen and oxygen atoms in total. The molecule has 5 rings (SSSR count). The second-order valence-electron chi connectivity index (χ2n) is 8.28. The third-order valence-electron chi connectivity index (χ3n) is 5.90. The van der Waals surface area contributed by atoms with E-state index in [4.69, 9.17) is 0 Å². The lowest BCUT2D eigenvalue weighted by Gasteiger charge is -2.31. The molecule has 1 aliphatic rings. The smallest absolute Gasteiger partial charge is 0.265 e. The molecule has 0 fully saturated rings. The van der Waals surface area contributed by atoms with Crippen molar-refractivity contribution in [3.05, 3.63) is 122 Å². The fraction of sp³-hybridized carbons (Fsp3) is 0.103. The van der Waals surface area contributed by atoms with Gasteiger partial charge in [-0.2, -0.15) is 0 Å². The van der Waals surface area contributed by atoms with Gasteiger partial charge in [0.2, 0.25) is 0 Å². The van der Waals surface area contributed by atoms with Gasteiger partial charge in [-0.15, -0.1) is 11.3 Å². The van der Waals surface area contributed by atoms with Gasteiger partial charge in [-0.3, -0.25) is 9.59 Å².